The van der Waals surface area contributed by atoms with Crippen LogP contribution in [0.2, 0.25) is 0 Å². The number of carbonyl (C=O) groups excluding carboxylic acids is 1. The normalized spacial score (nSPS) is 13.9. The van der Waals surface area contributed by atoms with Crippen LogP contribution in [0.4, 0.5) is 5.00 Å². The molecule has 3 heterocycles. The van der Waals surface area contributed by atoms with E-state index in [1.54, 1.807) is 13.3 Å². The molecule has 1 amide bonds. The molecule has 0 unspecified atom stereocenters. The minimum Gasteiger partial charge on any atom is -0.481 e. The summed E-state index contributed by atoms with van der Waals surface area (Å²) in [5, 5.41) is 4.13. The number of carbonyl (C=O) groups is 1. The number of benzene rings is 1. The Hall–Kier alpha value is -2.90. The molecule has 1 aliphatic rings. The molecule has 0 spiro atoms. The summed E-state index contributed by atoms with van der Waals surface area (Å²) < 4.78 is 10.6. The number of anilines is 1. The third-order valence-corrected chi connectivity index (χ3v) is 5.98. The Kier molecular flexibility index (Phi) is 6.07. The van der Waals surface area contributed by atoms with Gasteiger partial charge >= 0.3 is 0 Å². The first kappa shape index (κ1) is 19.4. The van der Waals surface area contributed by atoms with Crippen LogP contribution < -0.4 is 15.0 Å². The number of rotatable bonds is 6. The molecular formula is C22H23N3O3S. The molecule has 1 N–H and O–H groups in total. The Morgan fingerprint density at radius 3 is 2.76 bits per heavy atom. The first-order valence-corrected chi connectivity index (χ1v) is 10.4. The van der Waals surface area contributed by atoms with E-state index in [-0.39, 0.29) is 5.91 Å². The molecule has 1 fully saturated rings. The monoisotopic (exact) mass is 409 g/mol. The minimum absolute atomic E-state index is 0.0810. The van der Waals surface area contributed by atoms with Crippen molar-refractivity contribution in [2.45, 2.75) is 6.54 Å². The van der Waals surface area contributed by atoms with Crippen LogP contribution in [0.3, 0.4) is 0 Å². The van der Waals surface area contributed by atoms with Crippen LogP contribution in [-0.4, -0.2) is 44.3 Å². The summed E-state index contributed by atoms with van der Waals surface area (Å²) in [5.41, 5.74) is 3.15. The van der Waals surface area contributed by atoms with Crippen LogP contribution in [0.25, 0.3) is 11.1 Å². The highest BCUT2D eigenvalue weighted by molar-refractivity contribution is 7.18. The molecular weight excluding hydrogens is 386 g/mol. The standard InChI is InChI=1S/C22H23N3O3S/c1-27-20-13-16(7-8-23-20)15-24-21(26)19-14-18(17-5-3-2-4-6-17)22(29-19)25-9-11-28-12-10-25/h2-8,13-14H,9-12,15H2,1H3,(H,24,26). The predicted molar refractivity (Wildman–Crippen MR) is 115 cm³/mol. The molecule has 1 saturated heterocycles. The Labute approximate surface area is 174 Å². The molecule has 2 aromatic heterocycles. The van der Waals surface area contributed by atoms with E-state index in [2.05, 4.69) is 27.3 Å². The molecule has 4 rings (SSSR count). The molecule has 1 aromatic carbocycles. The average Bonchev–Trinajstić information content (AvgIpc) is 3.24. The highest BCUT2D eigenvalue weighted by Crippen LogP contribution is 2.39. The number of hydrogen-bond acceptors (Lipinski definition) is 6. The molecule has 1 aliphatic heterocycles. The third-order valence-electron chi connectivity index (χ3n) is 4.78. The highest BCUT2D eigenvalue weighted by Gasteiger charge is 2.21. The van der Waals surface area contributed by atoms with Gasteiger partial charge in [-0.25, -0.2) is 4.98 Å². The second-order valence-corrected chi connectivity index (χ2v) is 7.71. The fourth-order valence-corrected chi connectivity index (χ4v) is 4.41. The summed E-state index contributed by atoms with van der Waals surface area (Å²) in [7, 11) is 1.58. The van der Waals surface area contributed by atoms with Gasteiger partial charge < -0.3 is 19.7 Å². The van der Waals surface area contributed by atoms with Crippen LogP contribution in [-0.2, 0) is 11.3 Å². The molecule has 0 saturated carbocycles. The first-order valence-electron chi connectivity index (χ1n) is 9.53. The van der Waals surface area contributed by atoms with E-state index in [4.69, 9.17) is 9.47 Å². The maximum absolute atomic E-state index is 12.9. The highest BCUT2D eigenvalue weighted by atomic mass is 32.1. The number of hydrogen-bond donors (Lipinski definition) is 1. The number of nitrogens with one attached hydrogen (secondary N) is 1. The van der Waals surface area contributed by atoms with Gasteiger partial charge in [-0.15, -0.1) is 11.3 Å². The maximum atomic E-state index is 12.9. The SMILES string of the molecule is COc1cc(CNC(=O)c2cc(-c3ccccc3)c(N3CCOCC3)s2)ccn1. The summed E-state index contributed by atoms with van der Waals surface area (Å²) in [6, 6.07) is 15.9. The Balaban J connectivity index is 1.56. The summed E-state index contributed by atoms with van der Waals surface area (Å²) in [5.74, 6) is 0.455. The van der Waals surface area contributed by atoms with E-state index < -0.39 is 0 Å². The van der Waals surface area contributed by atoms with Crippen LogP contribution in [0.15, 0.2) is 54.7 Å². The minimum atomic E-state index is -0.0810. The van der Waals surface area contributed by atoms with Gasteiger partial charge in [0, 0.05) is 37.5 Å². The molecule has 7 heteroatoms. The van der Waals surface area contributed by atoms with Gasteiger partial charge in [0.2, 0.25) is 5.88 Å². The number of amides is 1. The lowest BCUT2D eigenvalue weighted by molar-refractivity contribution is 0.0955. The number of aromatic nitrogens is 1. The number of pyridine rings is 1. The zero-order valence-electron chi connectivity index (χ0n) is 16.3. The zero-order chi connectivity index (χ0) is 20.1. The van der Waals surface area contributed by atoms with Crippen molar-refractivity contribution in [3.8, 4) is 17.0 Å². The van der Waals surface area contributed by atoms with E-state index in [0.717, 1.165) is 34.8 Å². The first-order chi connectivity index (χ1) is 14.2. The summed E-state index contributed by atoms with van der Waals surface area (Å²) in [4.78, 5) is 20.0. The van der Waals surface area contributed by atoms with Crippen molar-refractivity contribution in [2.75, 3.05) is 38.3 Å². The second kappa shape index (κ2) is 9.07. The Morgan fingerprint density at radius 1 is 1.21 bits per heavy atom. The van der Waals surface area contributed by atoms with Crippen LogP contribution >= 0.6 is 11.3 Å². The fraction of sp³-hybridized carbons (Fsp3) is 0.273. The quantitative estimate of drug-likeness (QED) is 0.674. The van der Waals surface area contributed by atoms with Crippen LogP contribution in [0.1, 0.15) is 15.2 Å². The zero-order valence-corrected chi connectivity index (χ0v) is 17.1. The number of morpholine rings is 1. The van der Waals surface area contributed by atoms with Crippen molar-refractivity contribution < 1.29 is 14.3 Å². The van der Waals surface area contributed by atoms with E-state index in [1.807, 2.05) is 36.4 Å². The lowest BCUT2D eigenvalue weighted by Crippen LogP contribution is -2.35. The number of methoxy groups -OCH3 is 1. The lowest BCUT2D eigenvalue weighted by Gasteiger charge is -2.28. The van der Waals surface area contributed by atoms with E-state index in [1.165, 1.54) is 11.3 Å². The number of thiophene rings is 1. The van der Waals surface area contributed by atoms with Gasteiger partial charge in [-0.3, -0.25) is 4.79 Å². The van der Waals surface area contributed by atoms with Crippen molar-refractivity contribution in [1.29, 1.82) is 0 Å². The van der Waals surface area contributed by atoms with Crippen molar-refractivity contribution in [1.82, 2.24) is 10.3 Å². The van der Waals surface area contributed by atoms with Gasteiger partial charge in [-0.05, 0) is 23.3 Å². The fourth-order valence-electron chi connectivity index (χ4n) is 3.26. The van der Waals surface area contributed by atoms with Crippen LogP contribution in [0.5, 0.6) is 5.88 Å². The summed E-state index contributed by atoms with van der Waals surface area (Å²) >= 11 is 1.53. The molecule has 3 aromatic rings. The van der Waals surface area contributed by atoms with Crippen molar-refractivity contribution in [3.63, 3.8) is 0 Å². The largest absolute Gasteiger partial charge is 0.481 e. The van der Waals surface area contributed by atoms with Gasteiger partial charge in [-0.2, -0.15) is 0 Å². The van der Waals surface area contributed by atoms with E-state index in [9.17, 15) is 4.79 Å². The van der Waals surface area contributed by atoms with Gasteiger partial charge in [0.15, 0.2) is 0 Å². The average molecular weight is 410 g/mol. The molecule has 150 valence electrons. The maximum Gasteiger partial charge on any atom is 0.261 e. The third kappa shape index (κ3) is 4.58. The molecule has 29 heavy (non-hydrogen) atoms. The number of ether oxygens (including phenoxy) is 2. The second-order valence-electron chi connectivity index (χ2n) is 6.68. The Bertz CT molecular complexity index is 968. The van der Waals surface area contributed by atoms with Crippen molar-refractivity contribution >= 4 is 22.2 Å². The smallest absolute Gasteiger partial charge is 0.261 e. The van der Waals surface area contributed by atoms with Gasteiger partial charge in [0.05, 0.1) is 30.2 Å². The van der Waals surface area contributed by atoms with E-state index >= 15 is 0 Å². The van der Waals surface area contributed by atoms with Crippen molar-refractivity contribution in [3.05, 3.63) is 65.2 Å². The predicted octanol–water partition coefficient (Wildman–Crippen LogP) is 3.59. The van der Waals surface area contributed by atoms with E-state index in [0.29, 0.717) is 30.5 Å². The molecule has 6 nitrogen and oxygen atoms in total. The molecule has 0 radical (unpaired) electrons. The van der Waals surface area contributed by atoms with Crippen LogP contribution in [0, 0.1) is 0 Å². The number of nitrogens with zero attached hydrogens (tertiary/aromatic N) is 2. The summed E-state index contributed by atoms with van der Waals surface area (Å²) in [6.07, 6.45) is 1.68. The molecule has 0 aliphatic carbocycles. The Morgan fingerprint density at radius 2 is 2.00 bits per heavy atom. The molecule has 0 bridgehead atoms. The molecule has 0 atom stereocenters. The lowest BCUT2D eigenvalue weighted by atomic mass is 10.1. The topological polar surface area (TPSA) is 63.7 Å². The summed E-state index contributed by atoms with van der Waals surface area (Å²) in [6.45, 7) is 3.49. The van der Waals surface area contributed by atoms with Gasteiger partial charge in [0.1, 0.15) is 0 Å². The van der Waals surface area contributed by atoms with Gasteiger partial charge in [-0.1, -0.05) is 30.3 Å². The van der Waals surface area contributed by atoms with Crippen molar-refractivity contribution in [2.24, 2.45) is 0 Å². The van der Waals surface area contributed by atoms with Gasteiger partial charge in [0.25, 0.3) is 5.91 Å².